The molecule has 7 rings (SSSR count). The number of amides is 1. The number of benzene rings is 2. The molecular formula is C38H51FN4O6S. The number of nitrogens with zero attached hydrogens (tertiary/aromatic N) is 3. The second-order valence-electron chi connectivity index (χ2n) is 15.4. The van der Waals surface area contributed by atoms with Gasteiger partial charge in [-0.1, -0.05) is 18.6 Å². The van der Waals surface area contributed by atoms with Gasteiger partial charge in [0.05, 0.1) is 24.4 Å². The van der Waals surface area contributed by atoms with Crippen LogP contribution < -0.4 is 10.2 Å². The van der Waals surface area contributed by atoms with Crippen LogP contribution in [0.25, 0.3) is 0 Å². The first-order chi connectivity index (χ1) is 24.1. The van der Waals surface area contributed by atoms with Crippen molar-refractivity contribution in [2.75, 3.05) is 71.5 Å². The number of hydrogen-bond acceptors (Lipinski definition) is 9. The Morgan fingerprint density at radius 3 is 2.22 bits per heavy atom. The number of piperidine rings is 1. The van der Waals surface area contributed by atoms with Crippen molar-refractivity contribution in [3.63, 3.8) is 0 Å². The third kappa shape index (κ3) is 6.63. The summed E-state index contributed by atoms with van der Waals surface area (Å²) >= 11 is 0. The number of anilines is 1. The molecule has 12 heteroatoms. The van der Waals surface area contributed by atoms with E-state index < -0.39 is 21.3 Å². The Morgan fingerprint density at radius 1 is 0.900 bits per heavy atom. The predicted molar refractivity (Wildman–Crippen MR) is 188 cm³/mol. The molecule has 0 spiro atoms. The number of sulfone groups is 1. The number of hydrogen-bond donors (Lipinski definition) is 1. The highest BCUT2D eigenvalue weighted by atomic mass is 32.2. The molecule has 272 valence electrons. The highest BCUT2D eigenvalue weighted by molar-refractivity contribution is 7.92. The number of likely N-dealkylation sites (tertiary alicyclic amines) is 2. The first kappa shape index (κ1) is 35.2. The maximum atomic E-state index is 15.0. The summed E-state index contributed by atoms with van der Waals surface area (Å²) in [5.41, 5.74) is 0.876. The molecule has 1 amide bonds. The van der Waals surface area contributed by atoms with Crippen LogP contribution in [0, 0.1) is 23.1 Å². The third-order valence-corrected chi connectivity index (χ3v) is 14.7. The van der Waals surface area contributed by atoms with Crippen LogP contribution in [0.1, 0.15) is 56.9 Å². The smallest absolute Gasteiger partial charge is 0.407 e. The topological polar surface area (TPSA) is 108 Å². The van der Waals surface area contributed by atoms with Crippen LogP contribution >= 0.6 is 0 Å². The zero-order valence-electron chi connectivity index (χ0n) is 29.3. The first-order valence-corrected chi connectivity index (χ1v) is 19.9. The van der Waals surface area contributed by atoms with E-state index in [4.69, 9.17) is 9.47 Å². The molecule has 0 aromatic heterocycles. The van der Waals surface area contributed by atoms with Crippen molar-refractivity contribution in [3.05, 3.63) is 59.9 Å². The molecule has 0 bridgehead atoms. The fourth-order valence-electron chi connectivity index (χ4n) is 9.57. The Labute approximate surface area is 295 Å². The second kappa shape index (κ2) is 14.1. The molecule has 5 fully saturated rings. The van der Waals surface area contributed by atoms with Gasteiger partial charge in [-0.2, -0.15) is 0 Å². The van der Waals surface area contributed by atoms with Gasteiger partial charge in [-0.3, -0.25) is 4.79 Å². The minimum atomic E-state index is -3.26. The standard InChI is InChI=1S/C38H51FN4O6S/c1-48-35(44)37(24-43(25-37)30-10-12-31(13-11-30)50(46,47)32-14-15-32)23-42-20-16-27(17-21-42)38(26-41-18-5-19-41,28-6-3-7-29(39)22-28)33-8-4-9-34(33)40-36(45)49-2/h3,6-7,10-13,22,27,32-34H,4-5,8-9,14-21,23-26H2,1-2H3,(H,40,45)/t33-,34-,38-/m0/s1. The molecule has 3 aliphatic heterocycles. The summed E-state index contributed by atoms with van der Waals surface area (Å²) in [7, 11) is -0.414. The predicted octanol–water partition coefficient (Wildman–Crippen LogP) is 4.62. The van der Waals surface area contributed by atoms with Gasteiger partial charge in [0.2, 0.25) is 0 Å². The van der Waals surface area contributed by atoms with Crippen molar-refractivity contribution >= 4 is 27.6 Å². The van der Waals surface area contributed by atoms with Crippen molar-refractivity contribution in [2.45, 2.75) is 73.0 Å². The van der Waals surface area contributed by atoms with Gasteiger partial charge >= 0.3 is 12.1 Å². The van der Waals surface area contributed by atoms with Gasteiger partial charge in [-0.25, -0.2) is 17.6 Å². The number of esters is 1. The van der Waals surface area contributed by atoms with E-state index in [9.17, 15) is 18.0 Å². The first-order valence-electron chi connectivity index (χ1n) is 18.3. The van der Waals surface area contributed by atoms with Crippen LogP contribution in [0.5, 0.6) is 0 Å². The van der Waals surface area contributed by atoms with E-state index in [-0.39, 0.29) is 40.3 Å². The van der Waals surface area contributed by atoms with Crippen molar-refractivity contribution in [1.29, 1.82) is 0 Å². The van der Waals surface area contributed by atoms with Crippen LogP contribution in [0.3, 0.4) is 0 Å². The van der Waals surface area contributed by atoms with Crippen molar-refractivity contribution in [3.8, 4) is 0 Å². The Morgan fingerprint density at radius 2 is 1.62 bits per heavy atom. The Kier molecular flexibility index (Phi) is 9.90. The molecule has 3 saturated heterocycles. The molecule has 0 radical (unpaired) electrons. The van der Waals surface area contributed by atoms with Gasteiger partial charge in [0.25, 0.3) is 0 Å². The van der Waals surface area contributed by atoms with E-state index in [0.29, 0.717) is 24.5 Å². The van der Waals surface area contributed by atoms with Gasteiger partial charge < -0.3 is 29.5 Å². The highest BCUT2D eigenvalue weighted by Gasteiger charge is 2.55. The minimum absolute atomic E-state index is 0.0588. The average Bonchev–Trinajstić information content (AvgIpc) is 3.86. The van der Waals surface area contributed by atoms with Crippen molar-refractivity contribution < 1.29 is 31.9 Å². The van der Waals surface area contributed by atoms with E-state index in [1.54, 1.807) is 18.2 Å². The molecular weight excluding hydrogens is 660 g/mol. The lowest BCUT2D eigenvalue weighted by Crippen LogP contribution is -2.66. The van der Waals surface area contributed by atoms with Gasteiger partial charge in [0.15, 0.2) is 9.84 Å². The number of nitrogens with one attached hydrogen (secondary N) is 1. The third-order valence-electron chi connectivity index (χ3n) is 12.4. The number of methoxy groups -OCH3 is 2. The van der Waals surface area contributed by atoms with E-state index in [2.05, 4.69) is 26.1 Å². The van der Waals surface area contributed by atoms with E-state index in [0.717, 1.165) is 95.3 Å². The summed E-state index contributed by atoms with van der Waals surface area (Å²) in [6.45, 7) is 6.05. The summed E-state index contributed by atoms with van der Waals surface area (Å²) in [6.07, 6.45) is 6.79. The van der Waals surface area contributed by atoms with E-state index >= 15 is 4.39 Å². The molecule has 5 aliphatic rings. The largest absolute Gasteiger partial charge is 0.468 e. The lowest BCUT2D eigenvalue weighted by atomic mass is 9.57. The molecule has 3 heterocycles. The number of rotatable bonds is 12. The molecule has 0 unspecified atom stereocenters. The summed E-state index contributed by atoms with van der Waals surface area (Å²) in [6, 6.07) is 14.2. The SMILES string of the molecule is COC(=O)N[C@H]1CCC[C@@H]1[C@](CN1CCC1)(c1cccc(F)c1)C1CCN(CC2(C(=O)OC)CN(c3ccc(S(=O)(=O)C4CC4)cc3)C2)CC1. The molecule has 10 nitrogen and oxygen atoms in total. The normalized spacial score (nSPS) is 25.6. The van der Waals surface area contributed by atoms with Gasteiger partial charge in [-0.05, 0) is 125 Å². The zero-order chi connectivity index (χ0) is 35.1. The maximum absolute atomic E-state index is 15.0. The number of carbonyl (C=O) groups excluding carboxylic acids is 2. The van der Waals surface area contributed by atoms with Crippen molar-refractivity contribution in [2.24, 2.45) is 17.3 Å². The average molecular weight is 711 g/mol. The second-order valence-corrected chi connectivity index (χ2v) is 17.6. The summed E-state index contributed by atoms with van der Waals surface area (Å²) in [5.74, 6) is -0.0769. The van der Waals surface area contributed by atoms with Crippen LogP contribution in [-0.2, 0) is 29.5 Å². The summed E-state index contributed by atoms with van der Waals surface area (Å²) < 4.78 is 50.8. The lowest BCUT2D eigenvalue weighted by molar-refractivity contribution is -0.156. The Bertz CT molecular complexity index is 1650. The number of carbonyl (C=O) groups is 2. The summed E-state index contributed by atoms with van der Waals surface area (Å²) in [5, 5.41) is 2.91. The van der Waals surface area contributed by atoms with Gasteiger partial charge in [0, 0.05) is 43.3 Å². The fourth-order valence-corrected chi connectivity index (χ4v) is 11.2. The molecule has 2 saturated carbocycles. The molecule has 1 N–H and O–H groups in total. The van der Waals surface area contributed by atoms with E-state index in [1.807, 2.05) is 18.2 Å². The zero-order valence-corrected chi connectivity index (χ0v) is 30.1. The summed E-state index contributed by atoms with van der Waals surface area (Å²) in [4.78, 5) is 33.2. The van der Waals surface area contributed by atoms with Crippen molar-refractivity contribution in [1.82, 2.24) is 15.1 Å². The number of ether oxygens (including phenoxy) is 2. The number of halogens is 1. The fraction of sp³-hybridized carbons (Fsp3) is 0.632. The molecule has 50 heavy (non-hydrogen) atoms. The Hall–Kier alpha value is -3.22. The van der Waals surface area contributed by atoms with Crippen LogP contribution in [0.4, 0.5) is 14.9 Å². The highest BCUT2D eigenvalue weighted by Crippen LogP contribution is 2.52. The lowest BCUT2D eigenvalue weighted by Gasteiger charge is -2.55. The van der Waals surface area contributed by atoms with Crippen LogP contribution in [0.2, 0.25) is 0 Å². The van der Waals surface area contributed by atoms with E-state index in [1.165, 1.54) is 20.3 Å². The van der Waals surface area contributed by atoms with Crippen LogP contribution in [0.15, 0.2) is 53.4 Å². The van der Waals surface area contributed by atoms with Crippen LogP contribution in [-0.4, -0.2) is 108 Å². The molecule has 3 atom stereocenters. The monoisotopic (exact) mass is 710 g/mol. The Balaban J connectivity index is 1.09. The molecule has 2 aliphatic carbocycles. The quantitative estimate of drug-likeness (QED) is 0.316. The minimum Gasteiger partial charge on any atom is -0.468 e. The van der Waals surface area contributed by atoms with Gasteiger partial charge in [-0.15, -0.1) is 0 Å². The molecule has 2 aromatic carbocycles. The number of alkyl carbamates (subject to hydrolysis) is 1. The molecule has 2 aromatic rings. The van der Waals surface area contributed by atoms with Gasteiger partial charge in [0.1, 0.15) is 11.2 Å². The maximum Gasteiger partial charge on any atom is 0.407 e.